The number of anilines is 1. The molecule has 1 aliphatic carbocycles. The molecule has 162 valence electrons. The molecule has 0 bridgehead atoms. The second-order valence-corrected chi connectivity index (χ2v) is 9.59. The van der Waals surface area contributed by atoms with E-state index in [9.17, 15) is 9.59 Å². The number of imide groups is 1. The number of methoxy groups -OCH3 is 1. The Labute approximate surface area is 200 Å². The number of piperidine rings is 1. The Morgan fingerprint density at radius 1 is 0.812 bits per heavy atom. The van der Waals surface area contributed by atoms with Gasteiger partial charge in [-0.3, -0.25) is 9.59 Å². The summed E-state index contributed by atoms with van der Waals surface area (Å²) in [5.74, 6) is -0.433. The first kappa shape index (κ1) is 21.3. The van der Waals surface area contributed by atoms with E-state index in [-0.39, 0.29) is 11.8 Å². The molecule has 2 amide bonds. The van der Waals surface area contributed by atoms with Crippen molar-refractivity contribution in [1.82, 2.24) is 0 Å². The molecule has 4 nitrogen and oxygen atoms in total. The van der Waals surface area contributed by atoms with Crippen LogP contribution in [0.2, 0.25) is 15.1 Å². The highest BCUT2D eigenvalue weighted by Crippen LogP contribution is 2.76. The van der Waals surface area contributed by atoms with Crippen LogP contribution in [-0.4, -0.2) is 18.9 Å². The van der Waals surface area contributed by atoms with Crippen molar-refractivity contribution in [3.63, 3.8) is 0 Å². The summed E-state index contributed by atoms with van der Waals surface area (Å²) in [5.41, 5.74) is 0.340. The Bertz CT molecular complexity index is 1240. The highest BCUT2D eigenvalue weighted by Gasteiger charge is 2.86. The Morgan fingerprint density at radius 2 is 1.34 bits per heavy atom. The molecule has 0 N–H and O–H groups in total. The molecule has 3 aromatic rings. The zero-order chi connectivity index (χ0) is 22.8. The lowest BCUT2D eigenvalue weighted by molar-refractivity contribution is -0.125. The fraction of sp³-hybridized carbons (Fsp3) is 0.200. The SMILES string of the molecule is COc1ccc([C@@]2(c3ccc(Cl)cc3)[C@H]3C(=O)N(c4cc(Cl)cc(Cl)c4)C(=O)[C@]32C)cc1. The predicted octanol–water partition coefficient (Wildman–Crippen LogP) is 6.15. The zero-order valence-corrected chi connectivity index (χ0v) is 19.5. The summed E-state index contributed by atoms with van der Waals surface area (Å²) >= 11 is 18.4. The third-order valence-corrected chi connectivity index (χ3v) is 7.50. The van der Waals surface area contributed by atoms with Crippen LogP contribution in [0.15, 0.2) is 66.7 Å². The molecule has 1 heterocycles. The quantitative estimate of drug-likeness (QED) is 0.415. The number of rotatable bonds is 4. The summed E-state index contributed by atoms with van der Waals surface area (Å²) in [6.07, 6.45) is 0. The number of carbonyl (C=O) groups excluding carboxylic acids is 2. The molecule has 0 spiro atoms. The Hall–Kier alpha value is -2.53. The number of fused-ring (bicyclic) bond motifs is 1. The number of nitrogens with zero attached hydrogens (tertiary/aromatic N) is 1. The smallest absolute Gasteiger partial charge is 0.241 e. The summed E-state index contributed by atoms with van der Waals surface area (Å²) < 4.78 is 5.30. The van der Waals surface area contributed by atoms with E-state index in [1.54, 1.807) is 37.4 Å². The third kappa shape index (κ3) is 2.70. The van der Waals surface area contributed by atoms with Crippen LogP contribution >= 0.6 is 34.8 Å². The largest absolute Gasteiger partial charge is 0.497 e. The molecule has 2 fully saturated rings. The van der Waals surface area contributed by atoms with Gasteiger partial charge < -0.3 is 4.74 Å². The number of halogens is 3. The van der Waals surface area contributed by atoms with Gasteiger partial charge in [0.25, 0.3) is 0 Å². The summed E-state index contributed by atoms with van der Waals surface area (Å²) in [7, 11) is 1.60. The van der Waals surface area contributed by atoms with Crippen molar-refractivity contribution < 1.29 is 14.3 Å². The molecule has 1 saturated carbocycles. The minimum Gasteiger partial charge on any atom is -0.497 e. The summed E-state index contributed by atoms with van der Waals surface area (Å²) in [6.45, 7) is 1.85. The lowest BCUT2D eigenvalue weighted by Gasteiger charge is -2.29. The lowest BCUT2D eigenvalue weighted by Crippen LogP contribution is -2.42. The predicted molar refractivity (Wildman–Crippen MR) is 126 cm³/mol. The van der Waals surface area contributed by atoms with Crippen molar-refractivity contribution in [1.29, 1.82) is 0 Å². The number of amides is 2. The van der Waals surface area contributed by atoms with Crippen LogP contribution < -0.4 is 9.64 Å². The van der Waals surface area contributed by atoms with Crippen molar-refractivity contribution in [3.8, 4) is 5.75 Å². The maximum absolute atomic E-state index is 13.8. The first-order valence-electron chi connectivity index (χ1n) is 10.00. The second kappa shape index (κ2) is 7.24. The Balaban J connectivity index is 1.67. The number of benzene rings is 3. The monoisotopic (exact) mass is 485 g/mol. The van der Waals surface area contributed by atoms with E-state index in [2.05, 4.69) is 0 Å². The normalized spacial score (nSPS) is 26.3. The van der Waals surface area contributed by atoms with Gasteiger partial charge in [0.05, 0.1) is 24.1 Å². The topological polar surface area (TPSA) is 46.6 Å². The summed E-state index contributed by atoms with van der Waals surface area (Å²) in [6, 6.07) is 19.6. The minimum atomic E-state index is -0.971. The van der Waals surface area contributed by atoms with Crippen molar-refractivity contribution >= 4 is 52.3 Å². The molecular weight excluding hydrogens is 469 g/mol. The van der Waals surface area contributed by atoms with Gasteiger partial charge in [0, 0.05) is 20.5 Å². The van der Waals surface area contributed by atoms with Gasteiger partial charge in [-0.25, -0.2) is 4.90 Å². The third-order valence-electron chi connectivity index (χ3n) is 6.81. The number of carbonyl (C=O) groups is 2. The maximum Gasteiger partial charge on any atom is 0.241 e. The molecule has 0 radical (unpaired) electrons. The van der Waals surface area contributed by atoms with Crippen molar-refractivity contribution in [2.45, 2.75) is 12.3 Å². The highest BCUT2D eigenvalue weighted by molar-refractivity contribution is 6.36. The first-order chi connectivity index (χ1) is 15.2. The van der Waals surface area contributed by atoms with Gasteiger partial charge in [0.2, 0.25) is 11.8 Å². The molecular formula is C25H18Cl3NO3. The second-order valence-electron chi connectivity index (χ2n) is 8.29. The van der Waals surface area contributed by atoms with E-state index in [1.807, 2.05) is 43.3 Å². The van der Waals surface area contributed by atoms with Crippen LogP contribution in [0, 0.1) is 11.3 Å². The Kier molecular flexibility index (Phi) is 4.82. The minimum absolute atomic E-state index is 0.276. The summed E-state index contributed by atoms with van der Waals surface area (Å²) in [4.78, 5) is 28.7. The van der Waals surface area contributed by atoms with Gasteiger partial charge in [0.1, 0.15) is 5.75 Å². The fourth-order valence-corrected chi connectivity index (χ4v) is 6.02. The van der Waals surface area contributed by atoms with E-state index < -0.39 is 16.7 Å². The van der Waals surface area contributed by atoms with E-state index in [0.717, 1.165) is 11.1 Å². The molecule has 1 saturated heterocycles. The highest BCUT2D eigenvalue weighted by atomic mass is 35.5. The molecule has 0 unspecified atom stereocenters. The van der Waals surface area contributed by atoms with Gasteiger partial charge in [0.15, 0.2) is 0 Å². The van der Waals surface area contributed by atoms with Crippen LogP contribution in [0.25, 0.3) is 0 Å². The zero-order valence-electron chi connectivity index (χ0n) is 17.2. The van der Waals surface area contributed by atoms with Crippen molar-refractivity contribution in [2.75, 3.05) is 12.0 Å². The molecule has 0 aromatic heterocycles. The lowest BCUT2D eigenvalue weighted by atomic mass is 9.79. The van der Waals surface area contributed by atoms with Crippen LogP contribution in [0.4, 0.5) is 5.69 Å². The average Bonchev–Trinajstić information content (AvgIpc) is 3.28. The van der Waals surface area contributed by atoms with Gasteiger partial charge >= 0.3 is 0 Å². The van der Waals surface area contributed by atoms with Crippen LogP contribution in [0.5, 0.6) is 5.75 Å². The Morgan fingerprint density at radius 3 is 1.81 bits per heavy atom. The van der Waals surface area contributed by atoms with Crippen LogP contribution in [0.1, 0.15) is 18.1 Å². The molecule has 3 aromatic carbocycles. The molecule has 1 aliphatic heterocycles. The van der Waals surface area contributed by atoms with E-state index in [0.29, 0.717) is 26.5 Å². The molecule has 32 heavy (non-hydrogen) atoms. The number of ether oxygens (including phenoxy) is 1. The fourth-order valence-electron chi connectivity index (χ4n) is 5.38. The van der Waals surface area contributed by atoms with E-state index >= 15 is 0 Å². The van der Waals surface area contributed by atoms with E-state index in [4.69, 9.17) is 39.5 Å². The first-order valence-corrected chi connectivity index (χ1v) is 11.1. The van der Waals surface area contributed by atoms with Crippen molar-refractivity contribution in [3.05, 3.63) is 92.9 Å². The van der Waals surface area contributed by atoms with Gasteiger partial charge in [-0.15, -0.1) is 0 Å². The van der Waals surface area contributed by atoms with Crippen molar-refractivity contribution in [2.24, 2.45) is 11.3 Å². The summed E-state index contributed by atoms with van der Waals surface area (Å²) in [5, 5.41) is 1.30. The van der Waals surface area contributed by atoms with Crippen LogP contribution in [-0.2, 0) is 15.0 Å². The number of hydrogen-bond donors (Lipinski definition) is 0. The average molecular weight is 487 g/mol. The molecule has 7 heteroatoms. The van der Waals surface area contributed by atoms with Gasteiger partial charge in [-0.2, -0.15) is 0 Å². The van der Waals surface area contributed by atoms with Gasteiger partial charge in [-0.1, -0.05) is 59.1 Å². The van der Waals surface area contributed by atoms with Crippen LogP contribution in [0.3, 0.4) is 0 Å². The van der Waals surface area contributed by atoms with E-state index in [1.165, 1.54) is 4.90 Å². The molecule has 2 aliphatic rings. The molecule has 3 atom stereocenters. The standard InChI is InChI=1S/C25H18Cl3NO3/c1-24-21(22(30)29(23(24)31)19-12-17(27)11-18(28)13-19)25(24,14-3-7-16(26)8-4-14)15-5-9-20(32-2)10-6-15/h3-13,21H,1-2H3/t21-,24-,25-/m0/s1. The number of hydrogen-bond acceptors (Lipinski definition) is 3. The van der Waals surface area contributed by atoms with Gasteiger partial charge in [-0.05, 0) is 60.5 Å². The molecule has 5 rings (SSSR count). The maximum atomic E-state index is 13.8.